The van der Waals surface area contributed by atoms with Crippen molar-refractivity contribution in [3.8, 4) is 5.75 Å². The predicted octanol–water partition coefficient (Wildman–Crippen LogP) is 3.72. The molecule has 1 aliphatic rings. The van der Waals surface area contributed by atoms with Crippen LogP contribution in [0.4, 0.5) is 4.39 Å². The van der Waals surface area contributed by atoms with Gasteiger partial charge in [-0.2, -0.15) is 0 Å². The van der Waals surface area contributed by atoms with Crippen molar-refractivity contribution >= 4 is 29.9 Å². The van der Waals surface area contributed by atoms with Gasteiger partial charge in [-0.1, -0.05) is 24.3 Å². The maximum atomic E-state index is 13.5. The van der Waals surface area contributed by atoms with Gasteiger partial charge in [0.15, 0.2) is 5.96 Å². The molecule has 0 unspecified atom stereocenters. The molecule has 0 aliphatic carbocycles. The summed E-state index contributed by atoms with van der Waals surface area (Å²) in [6.45, 7) is 10.8. The van der Waals surface area contributed by atoms with Gasteiger partial charge in [0.25, 0.3) is 0 Å². The topological polar surface area (TPSA) is 58.1 Å². The molecule has 32 heavy (non-hydrogen) atoms. The maximum absolute atomic E-state index is 13.5. The zero-order valence-corrected chi connectivity index (χ0v) is 21.2. The van der Waals surface area contributed by atoms with E-state index < -0.39 is 0 Å². The van der Waals surface area contributed by atoms with Crippen LogP contribution in [0, 0.1) is 12.7 Å². The van der Waals surface area contributed by atoms with E-state index in [0.29, 0.717) is 25.3 Å². The molecule has 0 atom stereocenters. The van der Waals surface area contributed by atoms with Gasteiger partial charge in [0, 0.05) is 32.7 Å². The molecular weight excluding hydrogens is 522 g/mol. The van der Waals surface area contributed by atoms with Gasteiger partial charge in [-0.15, -0.1) is 24.0 Å². The van der Waals surface area contributed by atoms with E-state index in [2.05, 4.69) is 20.5 Å². The van der Waals surface area contributed by atoms with E-state index in [0.717, 1.165) is 62.2 Å². The highest BCUT2D eigenvalue weighted by Crippen LogP contribution is 2.14. The van der Waals surface area contributed by atoms with Crippen molar-refractivity contribution in [1.82, 2.24) is 15.5 Å². The lowest BCUT2D eigenvalue weighted by molar-refractivity contribution is 0.0322. The van der Waals surface area contributed by atoms with E-state index in [-0.39, 0.29) is 29.8 Å². The molecule has 8 heteroatoms. The number of nitrogens with one attached hydrogen (secondary N) is 2. The number of aryl methyl sites for hydroxylation is 1. The number of benzene rings is 2. The smallest absolute Gasteiger partial charge is 0.191 e. The minimum absolute atomic E-state index is 0. The van der Waals surface area contributed by atoms with Crippen LogP contribution >= 0.6 is 24.0 Å². The van der Waals surface area contributed by atoms with Gasteiger partial charge < -0.3 is 20.1 Å². The van der Waals surface area contributed by atoms with E-state index in [1.807, 2.05) is 37.3 Å². The molecule has 1 saturated heterocycles. The van der Waals surface area contributed by atoms with Crippen molar-refractivity contribution in [3.63, 3.8) is 0 Å². The highest BCUT2D eigenvalue weighted by atomic mass is 127. The second kappa shape index (κ2) is 14.3. The van der Waals surface area contributed by atoms with Crippen molar-refractivity contribution in [1.29, 1.82) is 0 Å². The van der Waals surface area contributed by atoms with Crippen LogP contribution in [0.5, 0.6) is 5.75 Å². The summed E-state index contributed by atoms with van der Waals surface area (Å²) in [5.74, 6) is 1.40. The summed E-state index contributed by atoms with van der Waals surface area (Å²) in [4.78, 5) is 7.03. The molecule has 0 spiro atoms. The zero-order valence-electron chi connectivity index (χ0n) is 18.9. The first kappa shape index (κ1) is 26.3. The second-order valence-corrected chi connectivity index (χ2v) is 7.58. The van der Waals surface area contributed by atoms with Gasteiger partial charge in [-0.3, -0.25) is 4.90 Å². The third kappa shape index (κ3) is 8.91. The monoisotopic (exact) mass is 556 g/mol. The molecule has 6 nitrogen and oxygen atoms in total. The minimum Gasteiger partial charge on any atom is -0.492 e. The van der Waals surface area contributed by atoms with E-state index in [1.54, 1.807) is 13.0 Å². The Kier molecular flexibility index (Phi) is 11.8. The molecule has 1 heterocycles. The van der Waals surface area contributed by atoms with Crippen LogP contribution in [0.25, 0.3) is 0 Å². The molecule has 1 aliphatic heterocycles. The number of aliphatic imine (C=N–C) groups is 1. The molecule has 3 rings (SSSR count). The Morgan fingerprint density at radius 2 is 1.94 bits per heavy atom. The van der Waals surface area contributed by atoms with Crippen LogP contribution in [-0.2, 0) is 17.8 Å². The van der Waals surface area contributed by atoms with Crippen LogP contribution < -0.4 is 15.4 Å². The third-order valence-electron chi connectivity index (χ3n) is 5.12. The Balaban J connectivity index is 0.00000363. The van der Waals surface area contributed by atoms with Gasteiger partial charge in [-0.25, -0.2) is 9.38 Å². The van der Waals surface area contributed by atoms with Crippen molar-refractivity contribution in [2.45, 2.75) is 26.9 Å². The summed E-state index contributed by atoms with van der Waals surface area (Å²) in [6, 6.07) is 13.2. The van der Waals surface area contributed by atoms with E-state index in [4.69, 9.17) is 9.47 Å². The predicted molar refractivity (Wildman–Crippen MR) is 137 cm³/mol. The Bertz CT molecular complexity index is 860. The lowest BCUT2D eigenvalue weighted by Crippen LogP contribution is -2.38. The normalized spacial score (nSPS) is 14.5. The molecular formula is C24H34FIN4O2. The molecule has 2 aromatic carbocycles. The van der Waals surface area contributed by atoms with Gasteiger partial charge in [-0.05, 0) is 48.7 Å². The highest BCUT2D eigenvalue weighted by Gasteiger charge is 2.09. The van der Waals surface area contributed by atoms with Crippen LogP contribution in [-0.4, -0.2) is 56.9 Å². The fourth-order valence-electron chi connectivity index (χ4n) is 3.37. The average molecular weight is 556 g/mol. The standard InChI is InChI=1S/C24H33FN4O2.HI/c1-3-26-24(28-18-21-7-8-23(25)19(2)15-21)27-17-20-5-4-6-22(16-20)31-14-11-29-9-12-30-13-10-29;/h4-8,15-16H,3,9-14,17-18H2,1-2H3,(H2,26,27,28);1H. The van der Waals surface area contributed by atoms with E-state index >= 15 is 0 Å². The van der Waals surface area contributed by atoms with Gasteiger partial charge in [0.05, 0.1) is 19.8 Å². The second-order valence-electron chi connectivity index (χ2n) is 7.58. The molecule has 2 aromatic rings. The number of morpholine rings is 1. The number of nitrogens with zero attached hydrogens (tertiary/aromatic N) is 2. The summed E-state index contributed by atoms with van der Waals surface area (Å²) in [7, 11) is 0. The summed E-state index contributed by atoms with van der Waals surface area (Å²) in [5, 5.41) is 6.56. The Morgan fingerprint density at radius 3 is 2.69 bits per heavy atom. The number of guanidine groups is 1. The summed E-state index contributed by atoms with van der Waals surface area (Å²) in [5.41, 5.74) is 2.74. The van der Waals surface area contributed by atoms with Crippen molar-refractivity contribution in [2.75, 3.05) is 46.0 Å². The summed E-state index contributed by atoms with van der Waals surface area (Å²) in [6.07, 6.45) is 0. The van der Waals surface area contributed by atoms with Crippen LogP contribution in [0.1, 0.15) is 23.6 Å². The third-order valence-corrected chi connectivity index (χ3v) is 5.12. The lowest BCUT2D eigenvalue weighted by Gasteiger charge is -2.26. The first-order chi connectivity index (χ1) is 15.1. The van der Waals surface area contributed by atoms with Crippen molar-refractivity contribution < 1.29 is 13.9 Å². The zero-order chi connectivity index (χ0) is 21.9. The molecule has 0 aromatic heterocycles. The number of rotatable bonds is 9. The van der Waals surface area contributed by atoms with Gasteiger partial charge in [0.2, 0.25) is 0 Å². The number of ether oxygens (including phenoxy) is 2. The molecule has 176 valence electrons. The number of hydrogen-bond acceptors (Lipinski definition) is 4. The Hall–Kier alpha value is -1.91. The molecule has 0 radical (unpaired) electrons. The summed E-state index contributed by atoms with van der Waals surface area (Å²) >= 11 is 0. The quantitative estimate of drug-likeness (QED) is 0.280. The Labute approximate surface area is 207 Å². The fraction of sp³-hybridized carbons (Fsp3) is 0.458. The van der Waals surface area contributed by atoms with Crippen LogP contribution in [0.3, 0.4) is 0 Å². The van der Waals surface area contributed by atoms with E-state index in [1.165, 1.54) is 6.07 Å². The van der Waals surface area contributed by atoms with E-state index in [9.17, 15) is 4.39 Å². The average Bonchev–Trinajstić information content (AvgIpc) is 2.79. The molecule has 0 amide bonds. The molecule has 0 bridgehead atoms. The van der Waals surface area contributed by atoms with Gasteiger partial charge in [0.1, 0.15) is 18.2 Å². The maximum Gasteiger partial charge on any atom is 0.191 e. The lowest BCUT2D eigenvalue weighted by atomic mass is 10.1. The minimum atomic E-state index is -0.184. The fourth-order valence-corrected chi connectivity index (χ4v) is 3.37. The van der Waals surface area contributed by atoms with Crippen LogP contribution in [0.15, 0.2) is 47.5 Å². The Morgan fingerprint density at radius 1 is 1.12 bits per heavy atom. The molecule has 2 N–H and O–H groups in total. The molecule has 0 saturated carbocycles. The SMILES string of the molecule is CCNC(=NCc1cccc(OCCN2CCOCC2)c1)NCc1ccc(F)c(C)c1.I. The van der Waals surface area contributed by atoms with Crippen molar-refractivity contribution in [2.24, 2.45) is 4.99 Å². The first-order valence-corrected chi connectivity index (χ1v) is 10.9. The van der Waals surface area contributed by atoms with Crippen molar-refractivity contribution in [3.05, 3.63) is 65.0 Å². The van der Waals surface area contributed by atoms with Gasteiger partial charge >= 0.3 is 0 Å². The molecule has 1 fully saturated rings. The first-order valence-electron chi connectivity index (χ1n) is 10.9. The number of halogens is 2. The largest absolute Gasteiger partial charge is 0.492 e. The number of hydrogen-bond donors (Lipinski definition) is 2. The highest BCUT2D eigenvalue weighted by molar-refractivity contribution is 14.0. The summed E-state index contributed by atoms with van der Waals surface area (Å²) < 4.78 is 24.8. The van der Waals surface area contributed by atoms with Crippen LogP contribution in [0.2, 0.25) is 0 Å².